The Morgan fingerprint density at radius 2 is 2.20 bits per heavy atom. The van der Waals surface area contributed by atoms with Crippen molar-refractivity contribution in [3.63, 3.8) is 0 Å². The average Bonchev–Trinajstić information content (AvgIpc) is 2.59. The smallest absolute Gasteiger partial charge is 0.180 e. The van der Waals surface area contributed by atoms with Gasteiger partial charge in [-0.1, -0.05) is 0 Å². The van der Waals surface area contributed by atoms with Gasteiger partial charge in [-0.2, -0.15) is 0 Å². The summed E-state index contributed by atoms with van der Waals surface area (Å²) in [6.45, 7) is 1.42. The Kier molecular flexibility index (Phi) is 3.12. The molecule has 0 aliphatic carbocycles. The maximum Gasteiger partial charge on any atom is 0.180 e. The summed E-state index contributed by atoms with van der Waals surface area (Å²) in [4.78, 5) is 3.96. The number of hydrogen-bond acceptors (Lipinski definition) is 3. The lowest BCUT2D eigenvalue weighted by atomic mass is 10.3. The minimum absolute atomic E-state index is 0.0361. The summed E-state index contributed by atoms with van der Waals surface area (Å²) in [7, 11) is 0. The molecule has 0 aromatic carbocycles. The van der Waals surface area contributed by atoms with Gasteiger partial charge in [0.2, 0.25) is 0 Å². The Balaban J connectivity index is 2.71. The SMILES string of the molecule is Cc1nc2c(ccn2SOI)c(F)c1F. The zero-order valence-corrected chi connectivity index (χ0v) is 10.5. The van der Waals surface area contributed by atoms with Crippen LogP contribution in [0.3, 0.4) is 0 Å². The lowest BCUT2D eigenvalue weighted by Crippen LogP contribution is -1.96. The minimum Gasteiger partial charge on any atom is -0.251 e. The van der Waals surface area contributed by atoms with Gasteiger partial charge < -0.3 is 0 Å². The predicted octanol–water partition coefficient (Wildman–Crippen LogP) is 3.40. The van der Waals surface area contributed by atoms with Gasteiger partial charge in [0.15, 0.2) is 17.3 Å². The van der Waals surface area contributed by atoms with Gasteiger partial charge in [0.1, 0.15) is 35.2 Å². The van der Waals surface area contributed by atoms with Crippen molar-refractivity contribution < 1.29 is 11.3 Å². The molecule has 0 aliphatic rings. The van der Waals surface area contributed by atoms with Crippen molar-refractivity contribution in [3.05, 3.63) is 29.6 Å². The van der Waals surface area contributed by atoms with Crippen LogP contribution >= 0.6 is 35.2 Å². The Labute approximate surface area is 103 Å². The maximum atomic E-state index is 13.4. The molecule has 0 atom stereocenters. The third-order valence-electron chi connectivity index (χ3n) is 1.96. The molecule has 0 saturated heterocycles. The number of pyridine rings is 1. The first kappa shape index (κ1) is 11.1. The molecular formula is C8H5F2IN2OS. The molecule has 15 heavy (non-hydrogen) atoms. The summed E-state index contributed by atoms with van der Waals surface area (Å²) >= 11 is 2.68. The number of hydrogen-bond donors (Lipinski definition) is 0. The quantitative estimate of drug-likeness (QED) is 0.618. The summed E-state index contributed by atoms with van der Waals surface area (Å²) in [5.41, 5.74) is 0.391. The van der Waals surface area contributed by atoms with E-state index in [-0.39, 0.29) is 11.1 Å². The molecule has 0 aliphatic heterocycles. The highest BCUT2D eigenvalue weighted by molar-refractivity contribution is 14.1. The molecule has 0 amide bonds. The number of fused-ring (bicyclic) bond motifs is 1. The van der Waals surface area contributed by atoms with Crippen molar-refractivity contribution in [2.75, 3.05) is 0 Å². The molecule has 2 rings (SSSR count). The average molecular weight is 342 g/mol. The van der Waals surface area contributed by atoms with E-state index >= 15 is 0 Å². The Hall–Kier alpha value is -0.410. The van der Waals surface area contributed by atoms with Crippen LogP contribution in [-0.4, -0.2) is 8.96 Å². The van der Waals surface area contributed by atoms with Crippen LogP contribution in [0.25, 0.3) is 11.0 Å². The van der Waals surface area contributed by atoms with Crippen LogP contribution in [-0.2, 0) is 2.51 Å². The molecule has 2 aromatic heterocycles. The summed E-state index contributed by atoms with van der Waals surface area (Å²) in [6, 6.07) is 1.46. The number of rotatable bonds is 2. The highest BCUT2D eigenvalue weighted by Crippen LogP contribution is 2.25. The van der Waals surface area contributed by atoms with Crippen molar-refractivity contribution >= 4 is 46.3 Å². The Bertz CT molecular complexity index is 517. The van der Waals surface area contributed by atoms with Crippen molar-refractivity contribution in [3.8, 4) is 0 Å². The van der Waals surface area contributed by atoms with Gasteiger partial charge in [-0.25, -0.2) is 16.3 Å². The first-order valence-corrected chi connectivity index (χ1v) is 5.51. The fourth-order valence-corrected chi connectivity index (χ4v) is 2.16. The summed E-state index contributed by atoms with van der Waals surface area (Å²) in [5.74, 6) is -1.77. The summed E-state index contributed by atoms with van der Waals surface area (Å²) in [6.07, 6.45) is 1.57. The molecule has 0 spiro atoms. The van der Waals surface area contributed by atoms with Gasteiger partial charge in [0.05, 0.1) is 11.1 Å². The molecule has 0 unspecified atom stereocenters. The topological polar surface area (TPSA) is 27.1 Å². The lowest BCUT2D eigenvalue weighted by molar-refractivity contribution is 0.506. The zero-order chi connectivity index (χ0) is 11.0. The normalized spacial score (nSPS) is 11.2. The summed E-state index contributed by atoms with van der Waals surface area (Å²) in [5, 5.41) is 0.152. The van der Waals surface area contributed by atoms with Crippen LogP contribution in [0.15, 0.2) is 12.3 Å². The molecule has 0 radical (unpaired) electrons. The molecule has 3 nitrogen and oxygen atoms in total. The van der Waals surface area contributed by atoms with Gasteiger partial charge >= 0.3 is 0 Å². The van der Waals surface area contributed by atoms with Gasteiger partial charge in [0, 0.05) is 6.20 Å². The van der Waals surface area contributed by atoms with Crippen molar-refractivity contribution in [2.24, 2.45) is 0 Å². The molecule has 2 heterocycles. The van der Waals surface area contributed by atoms with Gasteiger partial charge in [-0.3, -0.25) is 3.97 Å². The molecule has 0 saturated carbocycles. The van der Waals surface area contributed by atoms with Crippen LogP contribution in [0, 0.1) is 18.6 Å². The number of halogens is 3. The van der Waals surface area contributed by atoms with E-state index in [0.29, 0.717) is 5.65 Å². The van der Waals surface area contributed by atoms with E-state index in [2.05, 4.69) is 4.98 Å². The standard InChI is InChI=1S/C8H5F2IN2OS/c1-4-6(9)7(10)5-2-3-13(15-14-11)8(5)12-4/h2-3H,1H3. The van der Waals surface area contributed by atoms with E-state index in [1.54, 1.807) is 29.2 Å². The fraction of sp³-hybridized carbons (Fsp3) is 0.125. The molecular weight excluding hydrogens is 337 g/mol. The van der Waals surface area contributed by atoms with Crippen LogP contribution in [0.4, 0.5) is 8.78 Å². The number of nitrogens with zero attached hydrogens (tertiary/aromatic N) is 2. The largest absolute Gasteiger partial charge is 0.251 e. The second-order valence-corrected chi connectivity index (χ2v) is 4.59. The predicted molar refractivity (Wildman–Crippen MR) is 62.5 cm³/mol. The van der Waals surface area contributed by atoms with Crippen LogP contribution in [0.1, 0.15) is 5.69 Å². The Morgan fingerprint density at radius 1 is 1.47 bits per heavy atom. The maximum absolute atomic E-state index is 13.4. The van der Waals surface area contributed by atoms with Gasteiger partial charge in [-0.05, 0) is 13.0 Å². The second kappa shape index (κ2) is 4.22. The van der Waals surface area contributed by atoms with Crippen LogP contribution in [0.5, 0.6) is 0 Å². The molecule has 0 fully saturated rings. The zero-order valence-electron chi connectivity index (χ0n) is 7.50. The molecule has 0 N–H and O–H groups in total. The number of aryl methyl sites for hydroxylation is 1. The summed E-state index contributed by atoms with van der Waals surface area (Å²) < 4.78 is 32.9. The minimum atomic E-state index is -0.902. The van der Waals surface area contributed by atoms with E-state index in [9.17, 15) is 8.78 Å². The molecule has 0 bridgehead atoms. The van der Waals surface area contributed by atoms with Crippen molar-refractivity contribution in [1.82, 2.24) is 8.96 Å². The van der Waals surface area contributed by atoms with E-state index in [1.165, 1.54) is 17.0 Å². The van der Waals surface area contributed by atoms with Crippen molar-refractivity contribution in [1.29, 1.82) is 0 Å². The van der Waals surface area contributed by atoms with E-state index in [0.717, 1.165) is 12.2 Å². The van der Waals surface area contributed by atoms with Gasteiger partial charge in [0.25, 0.3) is 0 Å². The van der Waals surface area contributed by atoms with Crippen LogP contribution in [0.2, 0.25) is 0 Å². The second-order valence-electron chi connectivity index (χ2n) is 2.84. The number of aromatic nitrogens is 2. The molecule has 7 heteroatoms. The van der Waals surface area contributed by atoms with Gasteiger partial charge in [-0.15, -0.1) is 0 Å². The first-order chi connectivity index (χ1) is 7.15. The molecule has 80 valence electrons. The third-order valence-corrected chi connectivity index (χ3v) is 2.95. The third kappa shape index (κ3) is 1.83. The van der Waals surface area contributed by atoms with E-state index < -0.39 is 11.6 Å². The van der Waals surface area contributed by atoms with Crippen LogP contribution < -0.4 is 0 Å². The van der Waals surface area contributed by atoms with E-state index in [1.807, 2.05) is 0 Å². The van der Waals surface area contributed by atoms with E-state index in [4.69, 9.17) is 2.51 Å². The highest BCUT2D eigenvalue weighted by Gasteiger charge is 2.15. The fourth-order valence-electron chi connectivity index (χ4n) is 1.26. The van der Waals surface area contributed by atoms with Crippen molar-refractivity contribution in [2.45, 2.75) is 6.92 Å². The first-order valence-electron chi connectivity index (χ1n) is 3.93. The lowest BCUT2D eigenvalue weighted by Gasteiger charge is -2.02. The highest BCUT2D eigenvalue weighted by atomic mass is 127. The Morgan fingerprint density at radius 3 is 2.87 bits per heavy atom. The molecule has 2 aromatic rings. The monoisotopic (exact) mass is 342 g/mol.